The highest BCUT2D eigenvalue weighted by atomic mass is 16.5. The Balaban J connectivity index is 1.23. The minimum Gasteiger partial charge on any atom is -0.493 e. The van der Waals surface area contributed by atoms with Crippen LogP contribution in [0, 0.1) is 0 Å². The summed E-state index contributed by atoms with van der Waals surface area (Å²) in [6.45, 7) is 3.50. The molecule has 0 saturated carbocycles. The summed E-state index contributed by atoms with van der Waals surface area (Å²) in [5.74, 6) is 0.778. The van der Waals surface area contributed by atoms with E-state index in [1.165, 1.54) is 101 Å². The summed E-state index contributed by atoms with van der Waals surface area (Å²) in [6.07, 6.45) is 21.3. The fourth-order valence-corrected chi connectivity index (χ4v) is 5.28. The van der Waals surface area contributed by atoms with Gasteiger partial charge in [-0.2, -0.15) is 0 Å². The Kier molecular flexibility index (Phi) is 16.4. The molecule has 0 bridgehead atoms. The molecule has 0 atom stereocenters. The van der Waals surface area contributed by atoms with Gasteiger partial charge in [-0.15, -0.1) is 0 Å². The fraction of sp³-hybridized carbons (Fsp3) is 0.541. The molecule has 1 N–H and O–H groups in total. The average Bonchev–Trinajstić information content (AvgIpc) is 3.00. The van der Waals surface area contributed by atoms with Gasteiger partial charge in [0.15, 0.2) is 0 Å². The number of carboxylic acid groups (broad SMARTS) is 1. The van der Waals surface area contributed by atoms with Crippen LogP contribution >= 0.6 is 0 Å². The normalized spacial score (nSPS) is 11.1. The molecule has 0 saturated heterocycles. The number of carboxylic acids is 1. The Hall–Kier alpha value is -3.21. The zero-order chi connectivity index (χ0) is 29.7. The average molecular weight is 577 g/mol. The van der Waals surface area contributed by atoms with E-state index in [0.29, 0.717) is 31.3 Å². The van der Waals surface area contributed by atoms with Crippen molar-refractivity contribution < 1.29 is 24.1 Å². The highest BCUT2D eigenvalue weighted by Gasteiger charge is 2.09. The van der Waals surface area contributed by atoms with E-state index in [0.717, 1.165) is 24.0 Å². The van der Waals surface area contributed by atoms with Crippen LogP contribution in [0.5, 0.6) is 17.2 Å². The van der Waals surface area contributed by atoms with E-state index in [1.54, 1.807) is 12.1 Å². The zero-order valence-electron chi connectivity index (χ0n) is 25.8. The van der Waals surface area contributed by atoms with Crippen LogP contribution in [-0.4, -0.2) is 30.9 Å². The highest BCUT2D eigenvalue weighted by Crippen LogP contribution is 2.24. The fourth-order valence-electron chi connectivity index (χ4n) is 5.28. The number of hydrogen-bond acceptors (Lipinski definition) is 4. The first kappa shape index (κ1) is 33.3. The third kappa shape index (κ3) is 13.6. The Bertz CT molecular complexity index is 1160. The summed E-state index contributed by atoms with van der Waals surface area (Å²) in [6, 6.07) is 19.0. The van der Waals surface area contributed by atoms with Gasteiger partial charge < -0.3 is 19.3 Å². The number of carbonyl (C=O) groups is 1. The highest BCUT2D eigenvalue weighted by molar-refractivity contribution is 5.88. The van der Waals surface area contributed by atoms with Crippen molar-refractivity contribution in [2.45, 2.75) is 110 Å². The molecule has 3 rings (SSSR count). The van der Waals surface area contributed by atoms with Crippen molar-refractivity contribution in [2.75, 3.05) is 19.8 Å². The van der Waals surface area contributed by atoms with Crippen molar-refractivity contribution in [2.24, 2.45) is 0 Å². The number of ether oxygens (including phenoxy) is 3. The largest absolute Gasteiger partial charge is 0.493 e. The van der Waals surface area contributed by atoms with Gasteiger partial charge in [0, 0.05) is 6.07 Å². The van der Waals surface area contributed by atoms with Crippen molar-refractivity contribution in [3.05, 3.63) is 66.2 Å². The molecule has 0 aliphatic heterocycles. The van der Waals surface area contributed by atoms with Crippen molar-refractivity contribution in [1.82, 2.24) is 0 Å². The van der Waals surface area contributed by atoms with Gasteiger partial charge in [0.2, 0.25) is 0 Å². The molecule has 5 heteroatoms. The van der Waals surface area contributed by atoms with E-state index in [9.17, 15) is 9.90 Å². The molecule has 0 aromatic heterocycles. The third-order valence-corrected chi connectivity index (χ3v) is 7.74. The molecule has 0 amide bonds. The molecule has 0 aliphatic carbocycles. The lowest BCUT2D eigenvalue weighted by Crippen LogP contribution is -2.10. The maximum Gasteiger partial charge on any atom is 0.335 e. The maximum atomic E-state index is 11.6. The minimum atomic E-state index is -1.000. The van der Waals surface area contributed by atoms with Gasteiger partial charge in [0.1, 0.15) is 30.5 Å². The van der Waals surface area contributed by atoms with E-state index >= 15 is 0 Å². The van der Waals surface area contributed by atoms with Gasteiger partial charge >= 0.3 is 5.97 Å². The topological polar surface area (TPSA) is 65.0 Å². The Morgan fingerprint density at radius 2 is 1.00 bits per heavy atom. The van der Waals surface area contributed by atoms with Crippen LogP contribution in [0.15, 0.2) is 60.7 Å². The van der Waals surface area contributed by atoms with Crippen molar-refractivity contribution in [1.29, 1.82) is 0 Å². The standard InChI is InChI=1S/C37H52O5/c1-2-3-4-5-6-7-8-9-10-11-12-13-14-15-16-19-24-40-35-28-33(37(38)39)29-36(30-35)42-26-25-41-34-23-22-31-20-17-18-21-32(31)27-34/h17-18,20-23,27-30H,2-16,19,24-26H2,1H3,(H,38,39). The molecule has 230 valence electrons. The number of hydrogen-bond donors (Lipinski definition) is 1. The molecule has 0 fully saturated rings. The molecule has 0 spiro atoms. The number of fused-ring (bicyclic) bond motifs is 1. The molecule has 0 unspecified atom stereocenters. The third-order valence-electron chi connectivity index (χ3n) is 7.74. The van der Waals surface area contributed by atoms with Gasteiger partial charge in [0.05, 0.1) is 12.2 Å². The summed E-state index contributed by atoms with van der Waals surface area (Å²) in [7, 11) is 0. The predicted molar refractivity (Wildman–Crippen MR) is 173 cm³/mol. The van der Waals surface area contributed by atoms with Crippen molar-refractivity contribution in [3.8, 4) is 17.2 Å². The SMILES string of the molecule is CCCCCCCCCCCCCCCCCCOc1cc(OCCOc2ccc3ccccc3c2)cc(C(=O)O)c1. The molecular weight excluding hydrogens is 524 g/mol. The summed E-state index contributed by atoms with van der Waals surface area (Å²) in [4.78, 5) is 11.6. The summed E-state index contributed by atoms with van der Waals surface area (Å²) in [5, 5.41) is 11.8. The number of unbranched alkanes of at least 4 members (excludes halogenated alkanes) is 15. The van der Waals surface area contributed by atoms with Gasteiger partial charge in [-0.1, -0.05) is 134 Å². The quantitative estimate of drug-likeness (QED) is 0.107. The first-order valence-electron chi connectivity index (χ1n) is 16.4. The first-order chi connectivity index (χ1) is 20.7. The zero-order valence-corrected chi connectivity index (χ0v) is 25.8. The van der Waals surface area contributed by atoms with E-state index in [1.807, 2.05) is 30.3 Å². The Morgan fingerprint density at radius 3 is 1.55 bits per heavy atom. The number of aromatic carboxylic acids is 1. The lowest BCUT2D eigenvalue weighted by molar-refractivity contribution is 0.0695. The van der Waals surface area contributed by atoms with E-state index in [2.05, 4.69) is 19.1 Å². The first-order valence-corrected chi connectivity index (χ1v) is 16.4. The van der Waals surface area contributed by atoms with Crippen LogP contribution in [0.1, 0.15) is 120 Å². The summed E-state index contributed by atoms with van der Waals surface area (Å²) >= 11 is 0. The second-order valence-corrected chi connectivity index (χ2v) is 11.4. The molecule has 0 radical (unpaired) electrons. The number of benzene rings is 3. The molecule has 0 heterocycles. The van der Waals surface area contributed by atoms with Crippen LogP contribution in [-0.2, 0) is 0 Å². The second kappa shape index (κ2) is 20.6. The van der Waals surface area contributed by atoms with Crippen LogP contribution in [0.3, 0.4) is 0 Å². The Labute approximate surface area is 253 Å². The molecule has 42 heavy (non-hydrogen) atoms. The predicted octanol–water partition coefficient (Wildman–Crippen LogP) is 10.6. The molecule has 5 nitrogen and oxygen atoms in total. The van der Waals surface area contributed by atoms with E-state index < -0.39 is 5.97 Å². The van der Waals surface area contributed by atoms with Crippen molar-refractivity contribution in [3.63, 3.8) is 0 Å². The van der Waals surface area contributed by atoms with Gasteiger partial charge in [-0.3, -0.25) is 0 Å². The summed E-state index contributed by atoms with van der Waals surface area (Å²) in [5.41, 5.74) is 0.157. The molecule has 3 aromatic rings. The molecule has 3 aromatic carbocycles. The van der Waals surface area contributed by atoms with Crippen LogP contribution < -0.4 is 14.2 Å². The number of rotatable bonds is 24. The van der Waals surface area contributed by atoms with Gasteiger partial charge in [0.25, 0.3) is 0 Å². The maximum absolute atomic E-state index is 11.6. The molecular formula is C37H52O5. The minimum absolute atomic E-state index is 0.157. The van der Waals surface area contributed by atoms with Crippen LogP contribution in [0.4, 0.5) is 0 Å². The Morgan fingerprint density at radius 1 is 0.524 bits per heavy atom. The molecule has 0 aliphatic rings. The van der Waals surface area contributed by atoms with E-state index in [4.69, 9.17) is 14.2 Å². The van der Waals surface area contributed by atoms with E-state index in [-0.39, 0.29) is 5.56 Å². The van der Waals surface area contributed by atoms with Crippen LogP contribution in [0.2, 0.25) is 0 Å². The van der Waals surface area contributed by atoms with Crippen molar-refractivity contribution >= 4 is 16.7 Å². The smallest absolute Gasteiger partial charge is 0.335 e. The van der Waals surface area contributed by atoms with Gasteiger partial charge in [-0.25, -0.2) is 4.79 Å². The monoisotopic (exact) mass is 576 g/mol. The summed E-state index contributed by atoms with van der Waals surface area (Å²) < 4.78 is 17.6. The lowest BCUT2D eigenvalue weighted by Gasteiger charge is -2.12. The van der Waals surface area contributed by atoms with Gasteiger partial charge in [-0.05, 0) is 41.5 Å². The second-order valence-electron chi connectivity index (χ2n) is 11.4. The lowest BCUT2D eigenvalue weighted by atomic mass is 10.0. The van der Waals surface area contributed by atoms with Crippen LogP contribution in [0.25, 0.3) is 10.8 Å².